The second-order valence-corrected chi connectivity index (χ2v) is 6.54. The molecule has 0 spiro atoms. The summed E-state index contributed by atoms with van der Waals surface area (Å²) in [6, 6.07) is 4.56. The van der Waals surface area contributed by atoms with Crippen LogP contribution in [0.3, 0.4) is 0 Å². The number of thiazole rings is 1. The highest BCUT2D eigenvalue weighted by Gasteiger charge is 2.17. The number of aryl methyl sites for hydroxylation is 2. The Bertz CT molecular complexity index is 566. The first-order valence-electron chi connectivity index (χ1n) is 5.85. The molecule has 0 aliphatic carbocycles. The second-order valence-electron chi connectivity index (χ2n) is 4.34. The fourth-order valence-electron chi connectivity index (χ4n) is 1.84. The van der Waals surface area contributed by atoms with Gasteiger partial charge in [-0.25, -0.2) is 9.37 Å². The Morgan fingerprint density at radius 2 is 2.21 bits per heavy atom. The van der Waals surface area contributed by atoms with Gasteiger partial charge < -0.3 is 0 Å². The summed E-state index contributed by atoms with van der Waals surface area (Å²) in [5, 5.41) is 0.956. The number of aromatic nitrogens is 1. The highest BCUT2D eigenvalue weighted by atomic mass is 79.9. The Morgan fingerprint density at radius 1 is 1.47 bits per heavy atom. The molecule has 102 valence electrons. The largest absolute Gasteiger partial charge is 0.271 e. The Kier molecular flexibility index (Phi) is 4.67. The van der Waals surface area contributed by atoms with Gasteiger partial charge in [-0.2, -0.15) is 0 Å². The van der Waals surface area contributed by atoms with Gasteiger partial charge in [0.05, 0.1) is 16.7 Å². The molecule has 0 aliphatic heterocycles. The Hall–Kier alpha value is -0.820. The van der Waals surface area contributed by atoms with Crippen molar-refractivity contribution >= 4 is 27.3 Å². The van der Waals surface area contributed by atoms with Crippen LogP contribution in [0.1, 0.15) is 27.2 Å². The van der Waals surface area contributed by atoms with Crippen LogP contribution in [0.5, 0.6) is 0 Å². The number of nitrogens with one attached hydrogen (secondary N) is 1. The number of nitrogens with zero attached hydrogens (tertiary/aromatic N) is 1. The Morgan fingerprint density at radius 3 is 2.79 bits per heavy atom. The first-order valence-corrected chi connectivity index (χ1v) is 7.46. The van der Waals surface area contributed by atoms with Crippen LogP contribution in [0.4, 0.5) is 4.39 Å². The highest BCUT2D eigenvalue weighted by molar-refractivity contribution is 9.10. The fourth-order valence-corrected chi connectivity index (χ4v) is 3.20. The maximum Gasteiger partial charge on any atom is 0.128 e. The molecule has 3 N–H and O–H groups in total. The molecule has 2 rings (SSSR count). The molecule has 0 aliphatic rings. The molecule has 1 unspecified atom stereocenters. The topological polar surface area (TPSA) is 50.9 Å². The van der Waals surface area contributed by atoms with Gasteiger partial charge in [0.15, 0.2) is 0 Å². The van der Waals surface area contributed by atoms with E-state index in [1.54, 1.807) is 23.5 Å². The lowest BCUT2D eigenvalue weighted by atomic mass is 10.0. The van der Waals surface area contributed by atoms with Gasteiger partial charge in [0.25, 0.3) is 0 Å². The van der Waals surface area contributed by atoms with Gasteiger partial charge in [-0.3, -0.25) is 11.3 Å². The molecular formula is C13H15BrFN3S. The molecule has 1 heterocycles. The van der Waals surface area contributed by atoms with Crippen molar-refractivity contribution < 1.29 is 4.39 Å². The zero-order chi connectivity index (χ0) is 14.0. The van der Waals surface area contributed by atoms with E-state index >= 15 is 0 Å². The summed E-state index contributed by atoms with van der Waals surface area (Å²) in [6.45, 7) is 4.00. The summed E-state index contributed by atoms with van der Waals surface area (Å²) in [4.78, 5) is 5.65. The number of hydrogen-bond donors (Lipinski definition) is 2. The average molecular weight is 344 g/mol. The van der Waals surface area contributed by atoms with E-state index in [0.29, 0.717) is 12.0 Å². The molecule has 2 aromatic rings. The predicted molar refractivity (Wildman–Crippen MR) is 79.5 cm³/mol. The molecule has 6 heteroatoms. The number of nitrogens with two attached hydrogens (primary N) is 1. The van der Waals surface area contributed by atoms with Crippen LogP contribution in [0.25, 0.3) is 0 Å². The number of benzene rings is 1. The Labute approximate surface area is 124 Å². The first-order chi connectivity index (χ1) is 9.01. The van der Waals surface area contributed by atoms with Gasteiger partial charge in [0, 0.05) is 21.3 Å². The molecule has 0 saturated heterocycles. The van der Waals surface area contributed by atoms with Gasteiger partial charge >= 0.3 is 0 Å². The third kappa shape index (κ3) is 3.39. The molecule has 1 atom stereocenters. The van der Waals surface area contributed by atoms with Crippen LogP contribution in [-0.4, -0.2) is 4.98 Å². The third-order valence-corrected chi connectivity index (χ3v) is 4.57. The zero-order valence-corrected chi connectivity index (χ0v) is 13.1. The molecule has 1 aromatic carbocycles. The normalized spacial score (nSPS) is 12.7. The summed E-state index contributed by atoms with van der Waals surface area (Å²) in [5.41, 5.74) is 4.23. The lowest BCUT2D eigenvalue weighted by Gasteiger charge is -2.16. The number of halogens is 2. The van der Waals surface area contributed by atoms with Crippen molar-refractivity contribution in [1.29, 1.82) is 0 Å². The molecule has 1 aromatic heterocycles. The van der Waals surface area contributed by atoms with Crippen LogP contribution in [0.2, 0.25) is 0 Å². The number of hydrogen-bond acceptors (Lipinski definition) is 4. The minimum Gasteiger partial charge on any atom is -0.271 e. The minimum absolute atomic E-state index is 0.267. The van der Waals surface area contributed by atoms with E-state index in [0.717, 1.165) is 15.2 Å². The van der Waals surface area contributed by atoms with Crippen molar-refractivity contribution in [2.45, 2.75) is 26.3 Å². The van der Waals surface area contributed by atoms with Crippen LogP contribution in [0, 0.1) is 19.7 Å². The van der Waals surface area contributed by atoms with Crippen molar-refractivity contribution in [2.75, 3.05) is 0 Å². The van der Waals surface area contributed by atoms with Crippen molar-refractivity contribution in [3.63, 3.8) is 0 Å². The first kappa shape index (κ1) is 14.6. The second kappa shape index (κ2) is 6.09. The van der Waals surface area contributed by atoms with Gasteiger partial charge in [0.1, 0.15) is 5.82 Å². The van der Waals surface area contributed by atoms with Gasteiger partial charge in [-0.15, -0.1) is 11.3 Å². The van der Waals surface area contributed by atoms with Crippen molar-refractivity contribution in [1.82, 2.24) is 10.4 Å². The predicted octanol–water partition coefficient (Wildman–Crippen LogP) is 3.41. The van der Waals surface area contributed by atoms with E-state index in [4.69, 9.17) is 5.84 Å². The minimum atomic E-state index is -0.289. The van der Waals surface area contributed by atoms with E-state index < -0.39 is 0 Å². The molecule has 0 fully saturated rings. The van der Waals surface area contributed by atoms with Gasteiger partial charge in [-0.1, -0.05) is 15.9 Å². The fraction of sp³-hybridized carbons (Fsp3) is 0.308. The summed E-state index contributed by atoms with van der Waals surface area (Å²) >= 11 is 4.97. The summed E-state index contributed by atoms with van der Waals surface area (Å²) < 4.78 is 14.7. The summed E-state index contributed by atoms with van der Waals surface area (Å²) in [6.07, 6.45) is 0.573. The lowest BCUT2D eigenvalue weighted by Crippen LogP contribution is -2.30. The molecule has 19 heavy (non-hydrogen) atoms. The molecule has 0 saturated carbocycles. The quantitative estimate of drug-likeness (QED) is 0.660. The van der Waals surface area contributed by atoms with Crippen LogP contribution in [0.15, 0.2) is 22.7 Å². The van der Waals surface area contributed by atoms with Crippen LogP contribution in [-0.2, 0) is 6.42 Å². The van der Waals surface area contributed by atoms with Crippen LogP contribution >= 0.6 is 27.3 Å². The van der Waals surface area contributed by atoms with E-state index in [-0.39, 0.29) is 11.9 Å². The maximum absolute atomic E-state index is 13.9. The van der Waals surface area contributed by atoms with Gasteiger partial charge in [-0.05, 0) is 32.0 Å². The SMILES string of the molecule is Cc1nc(CC(NN)c2cc(Br)ccc2F)sc1C. The van der Waals surface area contributed by atoms with E-state index in [1.165, 1.54) is 10.9 Å². The molecule has 0 amide bonds. The van der Waals surface area contributed by atoms with E-state index in [2.05, 4.69) is 26.3 Å². The van der Waals surface area contributed by atoms with E-state index in [1.807, 2.05) is 13.8 Å². The molecule has 3 nitrogen and oxygen atoms in total. The van der Waals surface area contributed by atoms with Crippen molar-refractivity contribution in [3.05, 3.63) is 49.6 Å². The van der Waals surface area contributed by atoms with Crippen molar-refractivity contribution in [3.8, 4) is 0 Å². The Balaban J connectivity index is 2.27. The van der Waals surface area contributed by atoms with Crippen LogP contribution < -0.4 is 11.3 Å². The van der Waals surface area contributed by atoms with E-state index in [9.17, 15) is 4.39 Å². The monoisotopic (exact) mass is 343 g/mol. The van der Waals surface area contributed by atoms with Gasteiger partial charge in [0.2, 0.25) is 0 Å². The summed E-state index contributed by atoms with van der Waals surface area (Å²) in [5.74, 6) is 5.29. The average Bonchev–Trinajstić information content (AvgIpc) is 2.69. The number of rotatable bonds is 4. The highest BCUT2D eigenvalue weighted by Crippen LogP contribution is 2.26. The van der Waals surface area contributed by atoms with Crippen molar-refractivity contribution in [2.24, 2.45) is 5.84 Å². The smallest absolute Gasteiger partial charge is 0.128 e. The standard InChI is InChI=1S/C13H15BrFN3S/c1-7-8(2)19-13(17-7)6-12(18-16)10-5-9(14)3-4-11(10)15/h3-5,12,18H,6,16H2,1-2H3. The molecule has 0 bridgehead atoms. The third-order valence-electron chi connectivity index (χ3n) is 2.99. The molecular weight excluding hydrogens is 329 g/mol. The zero-order valence-electron chi connectivity index (χ0n) is 10.7. The summed E-state index contributed by atoms with van der Waals surface area (Å²) in [7, 11) is 0. The number of hydrazine groups is 1. The molecule has 0 radical (unpaired) electrons. The lowest BCUT2D eigenvalue weighted by molar-refractivity contribution is 0.509. The maximum atomic E-state index is 13.9.